The van der Waals surface area contributed by atoms with Crippen molar-refractivity contribution in [2.75, 3.05) is 13.6 Å². The zero-order valence-electron chi connectivity index (χ0n) is 14.2. The van der Waals surface area contributed by atoms with E-state index in [1.807, 2.05) is 18.9 Å². The van der Waals surface area contributed by atoms with Crippen LogP contribution in [0.15, 0.2) is 33.9 Å². The number of hydrogen-bond acceptors (Lipinski definition) is 3. The Balaban J connectivity index is 2.31. The molecule has 2 rings (SSSR count). The summed E-state index contributed by atoms with van der Waals surface area (Å²) in [6, 6.07) is 3.33. The van der Waals surface area contributed by atoms with E-state index >= 15 is 0 Å². The van der Waals surface area contributed by atoms with Gasteiger partial charge in [0.05, 0.1) is 33.3 Å². The van der Waals surface area contributed by atoms with Gasteiger partial charge in [-0.2, -0.15) is 13.2 Å². The van der Waals surface area contributed by atoms with Crippen LogP contribution in [0, 0.1) is 6.92 Å². The predicted molar refractivity (Wildman–Crippen MR) is 99.7 cm³/mol. The fourth-order valence-electron chi connectivity index (χ4n) is 1.89. The molecule has 0 amide bonds. The maximum Gasteiger partial charge on any atom is 0.417 e. The first-order chi connectivity index (χ1) is 12.1. The van der Waals surface area contributed by atoms with Gasteiger partial charge in [-0.3, -0.25) is 0 Å². The van der Waals surface area contributed by atoms with Crippen molar-refractivity contribution >= 4 is 39.6 Å². The molecule has 0 saturated carbocycles. The Kier molecular flexibility index (Phi) is 6.52. The first kappa shape index (κ1) is 20.5. The van der Waals surface area contributed by atoms with Gasteiger partial charge in [-0.25, -0.2) is 9.98 Å². The zero-order valence-corrected chi connectivity index (χ0v) is 16.6. The monoisotopic (exact) mass is 449 g/mol. The summed E-state index contributed by atoms with van der Waals surface area (Å²) in [6.45, 7) is 4.60. The summed E-state index contributed by atoms with van der Waals surface area (Å²) < 4.78 is 44.9. The van der Waals surface area contributed by atoms with Crippen LogP contribution < -0.4 is 4.74 Å². The van der Waals surface area contributed by atoms with Crippen molar-refractivity contribution in [1.82, 2.24) is 9.88 Å². The van der Waals surface area contributed by atoms with Crippen LogP contribution in [0.25, 0.3) is 0 Å². The molecular weight excluding hydrogens is 435 g/mol. The summed E-state index contributed by atoms with van der Waals surface area (Å²) in [5, 5.41) is -0.391. The van der Waals surface area contributed by atoms with Gasteiger partial charge in [0.1, 0.15) is 5.75 Å². The molecule has 0 saturated heterocycles. The molecule has 0 atom stereocenters. The maximum atomic E-state index is 13.0. The molecule has 4 nitrogen and oxygen atoms in total. The summed E-state index contributed by atoms with van der Waals surface area (Å²) in [5.41, 5.74) is 0.408. The van der Waals surface area contributed by atoms with Crippen molar-refractivity contribution in [3.8, 4) is 11.6 Å². The Hall–Kier alpha value is -1.80. The molecule has 0 unspecified atom stereocenters. The second-order valence-electron chi connectivity index (χ2n) is 5.45. The Labute approximate surface area is 162 Å². The Morgan fingerprint density at radius 3 is 2.69 bits per heavy atom. The van der Waals surface area contributed by atoms with Crippen LogP contribution in [0.4, 0.5) is 18.9 Å². The summed E-state index contributed by atoms with van der Waals surface area (Å²) in [5.74, 6) is 0.122. The minimum absolute atomic E-state index is 0.0173. The van der Waals surface area contributed by atoms with E-state index in [0.29, 0.717) is 10.2 Å². The van der Waals surface area contributed by atoms with E-state index in [-0.39, 0.29) is 11.6 Å². The predicted octanol–water partition coefficient (Wildman–Crippen LogP) is 6.23. The lowest BCUT2D eigenvalue weighted by molar-refractivity contribution is -0.137. The molecule has 140 valence electrons. The third-order valence-corrected chi connectivity index (χ3v) is 4.82. The van der Waals surface area contributed by atoms with E-state index in [0.717, 1.165) is 24.2 Å². The molecule has 1 aromatic heterocycles. The lowest BCUT2D eigenvalue weighted by atomic mass is 10.2. The number of hydrogen-bond donors (Lipinski definition) is 0. The fraction of sp³-hybridized carbons (Fsp3) is 0.294. The highest BCUT2D eigenvalue weighted by Gasteiger charge is 2.33. The highest BCUT2D eigenvalue weighted by Crippen LogP contribution is 2.39. The van der Waals surface area contributed by atoms with Gasteiger partial charge in [0.2, 0.25) is 5.88 Å². The van der Waals surface area contributed by atoms with Crippen LogP contribution in [-0.4, -0.2) is 29.8 Å². The quantitative estimate of drug-likeness (QED) is 0.400. The van der Waals surface area contributed by atoms with Gasteiger partial charge in [-0.1, -0.05) is 11.6 Å². The SMILES string of the molecule is CCN(C)/C=N/c1cnc(Oc2ccc(Cl)c(C(F)(F)F)c2)c(Br)c1C. The van der Waals surface area contributed by atoms with E-state index in [2.05, 4.69) is 25.9 Å². The smallest absolute Gasteiger partial charge is 0.417 e. The van der Waals surface area contributed by atoms with E-state index in [4.69, 9.17) is 16.3 Å². The van der Waals surface area contributed by atoms with E-state index in [9.17, 15) is 13.2 Å². The van der Waals surface area contributed by atoms with Crippen LogP contribution in [0.3, 0.4) is 0 Å². The first-order valence-electron chi connectivity index (χ1n) is 7.57. The standard InChI is InChI=1S/C17H16BrClF3N3O/c1-4-25(3)9-24-14-8-23-16(15(18)10(14)2)26-11-5-6-13(19)12(7-11)17(20,21)22/h5-9H,4H2,1-3H3/b24-9+. The van der Waals surface area contributed by atoms with Crippen LogP contribution in [0.5, 0.6) is 11.6 Å². The fourth-order valence-corrected chi connectivity index (χ4v) is 2.50. The van der Waals surface area contributed by atoms with Crippen LogP contribution in [0.2, 0.25) is 5.02 Å². The van der Waals surface area contributed by atoms with Gasteiger partial charge in [-0.15, -0.1) is 0 Å². The van der Waals surface area contributed by atoms with Gasteiger partial charge in [0.15, 0.2) is 0 Å². The second kappa shape index (κ2) is 8.26. The van der Waals surface area contributed by atoms with Crippen molar-refractivity contribution in [2.24, 2.45) is 4.99 Å². The molecule has 1 aromatic carbocycles. The number of nitrogens with zero attached hydrogens (tertiary/aromatic N) is 3. The number of rotatable bonds is 5. The van der Waals surface area contributed by atoms with Crippen molar-refractivity contribution in [1.29, 1.82) is 0 Å². The normalized spacial score (nSPS) is 11.8. The Morgan fingerprint density at radius 2 is 2.08 bits per heavy atom. The molecule has 0 fully saturated rings. The van der Waals surface area contributed by atoms with Gasteiger partial charge in [0, 0.05) is 13.6 Å². The van der Waals surface area contributed by atoms with Crippen molar-refractivity contribution in [3.05, 3.63) is 45.0 Å². The highest BCUT2D eigenvalue weighted by atomic mass is 79.9. The lowest BCUT2D eigenvalue weighted by Crippen LogP contribution is -2.14. The van der Waals surface area contributed by atoms with Crippen molar-refractivity contribution in [2.45, 2.75) is 20.0 Å². The molecule has 0 N–H and O–H groups in total. The minimum Gasteiger partial charge on any atom is -0.438 e. The zero-order chi connectivity index (χ0) is 19.5. The Bertz CT molecular complexity index is 828. The number of aromatic nitrogens is 1. The minimum atomic E-state index is -4.57. The molecule has 1 heterocycles. The van der Waals surface area contributed by atoms with E-state index in [1.165, 1.54) is 12.3 Å². The summed E-state index contributed by atoms with van der Waals surface area (Å²) in [7, 11) is 1.89. The lowest BCUT2D eigenvalue weighted by Gasteiger charge is -2.13. The van der Waals surface area contributed by atoms with Crippen LogP contribution in [-0.2, 0) is 6.18 Å². The summed E-state index contributed by atoms with van der Waals surface area (Å²) in [4.78, 5) is 10.4. The summed E-state index contributed by atoms with van der Waals surface area (Å²) in [6.07, 6.45) is -1.40. The van der Waals surface area contributed by atoms with Crippen molar-refractivity contribution in [3.63, 3.8) is 0 Å². The number of aliphatic imine (C=N–C) groups is 1. The second-order valence-corrected chi connectivity index (χ2v) is 6.65. The maximum absolute atomic E-state index is 13.0. The Morgan fingerprint density at radius 1 is 1.38 bits per heavy atom. The van der Waals surface area contributed by atoms with Gasteiger partial charge < -0.3 is 9.64 Å². The van der Waals surface area contributed by atoms with Crippen molar-refractivity contribution < 1.29 is 17.9 Å². The number of pyridine rings is 1. The number of benzene rings is 1. The van der Waals surface area contributed by atoms with Gasteiger partial charge >= 0.3 is 6.18 Å². The number of halogens is 5. The molecule has 26 heavy (non-hydrogen) atoms. The summed E-state index contributed by atoms with van der Waals surface area (Å²) >= 11 is 8.97. The number of alkyl halides is 3. The molecule has 0 bridgehead atoms. The topological polar surface area (TPSA) is 37.7 Å². The van der Waals surface area contributed by atoms with Gasteiger partial charge in [-0.05, 0) is 53.5 Å². The third kappa shape index (κ3) is 4.88. The highest BCUT2D eigenvalue weighted by molar-refractivity contribution is 9.10. The molecular formula is C17H16BrClF3N3O. The molecule has 0 aliphatic heterocycles. The molecule has 0 spiro atoms. The van der Waals surface area contributed by atoms with E-state index in [1.54, 1.807) is 13.3 Å². The van der Waals surface area contributed by atoms with E-state index < -0.39 is 16.8 Å². The number of ether oxygens (including phenoxy) is 1. The molecule has 9 heteroatoms. The van der Waals surface area contributed by atoms with Gasteiger partial charge in [0.25, 0.3) is 0 Å². The average molecular weight is 451 g/mol. The van der Waals surface area contributed by atoms with Crippen LogP contribution >= 0.6 is 27.5 Å². The largest absolute Gasteiger partial charge is 0.438 e. The van der Waals surface area contributed by atoms with Crippen LogP contribution in [0.1, 0.15) is 18.1 Å². The molecule has 2 aromatic rings. The molecule has 0 radical (unpaired) electrons. The molecule has 0 aliphatic rings. The first-order valence-corrected chi connectivity index (χ1v) is 8.74. The average Bonchev–Trinajstić information content (AvgIpc) is 2.58. The third-order valence-electron chi connectivity index (χ3n) is 3.56. The molecule has 0 aliphatic carbocycles.